The third-order valence-electron chi connectivity index (χ3n) is 3.62. The van der Waals surface area contributed by atoms with Crippen LogP contribution in [0.2, 0.25) is 0 Å². The zero-order valence-electron chi connectivity index (χ0n) is 11.5. The van der Waals surface area contributed by atoms with Crippen LogP contribution in [0.25, 0.3) is 10.9 Å². The van der Waals surface area contributed by atoms with Gasteiger partial charge in [0.2, 0.25) is 0 Å². The van der Waals surface area contributed by atoms with Crippen LogP contribution in [0.3, 0.4) is 0 Å². The summed E-state index contributed by atoms with van der Waals surface area (Å²) in [5, 5.41) is 1.17. The van der Waals surface area contributed by atoms with Crippen molar-refractivity contribution >= 4 is 26.8 Å². The van der Waals surface area contributed by atoms with Gasteiger partial charge < -0.3 is 10.3 Å². The van der Waals surface area contributed by atoms with E-state index in [0.29, 0.717) is 18.7 Å². The van der Waals surface area contributed by atoms with Crippen molar-refractivity contribution in [2.75, 3.05) is 6.54 Å². The number of hydrogen-bond acceptors (Lipinski definition) is 1. The average molecular weight is 347 g/mol. The maximum atomic E-state index is 13.9. The lowest BCUT2D eigenvalue weighted by atomic mass is 10.1. The molecular weight excluding hydrogens is 331 g/mol. The molecule has 3 aromatic rings. The Labute approximate surface area is 131 Å². The highest BCUT2D eigenvalue weighted by Gasteiger charge is 2.07. The van der Waals surface area contributed by atoms with Crippen molar-refractivity contribution in [1.29, 1.82) is 0 Å². The summed E-state index contributed by atoms with van der Waals surface area (Å²) in [6.45, 7) is 1.18. The first kappa shape index (κ1) is 14.3. The average Bonchev–Trinajstić information content (AvgIpc) is 2.85. The third kappa shape index (κ3) is 3.01. The topological polar surface area (TPSA) is 30.9 Å². The van der Waals surface area contributed by atoms with Crippen molar-refractivity contribution in [2.24, 2.45) is 5.73 Å². The number of nitrogens with two attached hydrogens (primary N) is 1. The summed E-state index contributed by atoms with van der Waals surface area (Å²) >= 11 is 3.28. The summed E-state index contributed by atoms with van der Waals surface area (Å²) in [7, 11) is 0. The first-order valence-electron chi connectivity index (χ1n) is 6.89. The van der Waals surface area contributed by atoms with Crippen LogP contribution < -0.4 is 5.73 Å². The van der Waals surface area contributed by atoms with Gasteiger partial charge in [-0.1, -0.05) is 28.1 Å². The van der Waals surface area contributed by atoms with Crippen molar-refractivity contribution < 1.29 is 4.39 Å². The molecule has 1 aromatic heterocycles. The highest BCUT2D eigenvalue weighted by Crippen LogP contribution is 2.21. The second kappa shape index (κ2) is 6.00. The molecule has 0 amide bonds. The zero-order valence-corrected chi connectivity index (χ0v) is 13.1. The number of rotatable bonds is 4. The Morgan fingerprint density at radius 1 is 1.10 bits per heavy atom. The SMILES string of the molecule is NCCc1ccc2c(ccn2Cc2ccc(Br)cc2F)c1. The second-order valence-electron chi connectivity index (χ2n) is 5.11. The van der Waals surface area contributed by atoms with Crippen LogP contribution in [0.4, 0.5) is 4.39 Å². The molecule has 0 saturated carbocycles. The minimum Gasteiger partial charge on any atom is -0.343 e. The molecule has 2 nitrogen and oxygen atoms in total. The van der Waals surface area contributed by atoms with Gasteiger partial charge in [-0.2, -0.15) is 0 Å². The Morgan fingerprint density at radius 2 is 1.95 bits per heavy atom. The van der Waals surface area contributed by atoms with Gasteiger partial charge in [0.1, 0.15) is 5.82 Å². The van der Waals surface area contributed by atoms with Gasteiger partial charge in [0.15, 0.2) is 0 Å². The monoisotopic (exact) mass is 346 g/mol. The Morgan fingerprint density at radius 3 is 2.71 bits per heavy atom. The minimum atomic E-state index is -0.189. The highest BCUT2D eigenvalue weighted by atomic mass is 79.9. The van der Waals surface area contributed by atoms with Crippen LogP contribution in [-0.2, 0) is 13.0 Å². The van der Waals surface area contributed by atoms with E-state index in [1.165, 1.54) is 17.0 Å². The molecule has 2 aromatic carbocycles. The largest absolute Gasteiger partial charge is 0.343 e. The number of nitrogens with zero attached hydrogens (tertiary/aromatic N) is 1. The number of halogens is 2. The predicted molar refractivity (Wildman–Crippen MR) is 87.9 cm³/mol. The van der Waals surface area contributed by atoms with Crippen LogP contribution in [0.5, 0.6) is 0 Å². The molecule has 2 N–H and O–H groups in total. The van der Waals surface area contributed by atoms with Crippen LogP contribution >= 0.6 is 15.9 Å². The number of hydrogen-bond donors (Lipinski definition) is 1. The summed E-state index contributed by atoms with van der Waals surface area (Å²) in [5.41, 5.74) is 8.62. The van der Waals surface area contributed by atoms with E-state index in [9.17, 15) is 4.39 Å². The lowest BCUT2D eigenvalue weighted by molar-refractivity contribution is 0.601. The molecular formula is C17H16BrFN2. The summed E-state index contributed by atoms with van der Waals surface area (Å²) in [6, 6.07) is 13.6. The number of fused-ring (bicyclic) bond motifs is 1. The molecule has 1 heterocycles. The van der Waals surface area contributed by atoms with E-state index in [1.54, 1.807) is 0 Å². The molecule has 0 aliphatic rings. The summed E-state index contributed by atoms with van der Waals surface area (Å²) < 4.78 is 16.8. The van der Waals surface area contributed by atoms with Crippen molar-refractivity contribution in [3.8, 4) is 0 Å². The van der Waals surface area contributed by atoms with Gasteiger partial charge >= 0.3 is 0 Å². The van der Waals surface area contributed by atoms with Crippen LogP contribution in [-0.4, -0.2) is 11.1 Å². The van der Waals surface area contributed by atoms with Gasteiger partial charge in [-0.25, -0.2) is 4.39 Å². The standard InChI is InChI=1S/C17H16BrFN2/c18-15-3-2-14(16(19)10-15)11-21-8-6-13-9-12(5-7-20)1-4-17(13)21/h1-4,6,8-10H,5,7,11,20H2. The van der Waals surface area contributed by atoms with Crippen molar-refractivity contribution in [1.82, 2.24) is 4.57 Å². The molecule has 0 bridgehead atoms. The minimum absolute atomic E-state index is 0.189. The van der Waals surface area contributed by atoms with E-state index in [0.717, 1.165) is 16.4 Å². The summed E-state index contributed by atoms with van der Waals surface area (Å²) in [6.07, 6.45) is 2.88. The smallest absolute Gasteiger partial charge is 0.129 e. The first-order valence-corrected chi connectivity index (χ1v) is 7.68. The molecule has 0 atom stereocenters. The maximum Gasteiger partial charge on any atom is 0.129 e. The van der Waals surface area contributed by atoms with Gasteiger partial charge in [-0.3, -0.25) is 0 Å². The maximum absolute atomic E-state index is 13.9. The molecule has 0 saturated heterocycles. The van der Waals surface area contributed by atoms with E-state index >= 15 is 0 Å². The molecule has 0 aliphatic carbocycles. The normalized spacial score (nSPS) is 11.2. The fourth-order valence-corrected chi connectivity index (χ4v) is 2.88. The molecule has 0 aliphatic heterocycles. The van der Waals surface area contributed by atoms with E-state index in [2.05, 4.69) is 44.8 Å². The number of aromatic nitrogens is 1. The Bertz CT molecular complexity index is 780. The molecule has 0 radical (unpaired) electrons. The molecule has 0 spiro atoms. The van der Waals surface area contributed by atoms with Gasteiger partial charge in [-0.05, 0) is 54.2 Å². The fourth-order valence-electron chi connectivity index (χ4n) is 2.54. The Hall–Kier alpha value is -1.65. The summed E-state index contributed by atoms with van der Waals surface area (Å²) in [5.74, 6) is -0.189. The fraction of sp³-hybridized carbons (Fsp3) is 0.176. The van der Waals surface area contributed by atoms with E-state index < -0.39 is 0 Å². The quantitative estimate of drug-likeness (QED) is 0.757. The Kier molecular flexibility index (Phi) is 4.08. The predicted octanol–water partition coefficient (Wildman–Crippen LogP) is 4.09. The lowest BCUT2D eigenvalue weighted by Gasteiger charge is -2.08. The summed E-state index contributed by atoms with van der Waals surface area (Å²) in [4.78, 5) is 0. The molecule has 4 heteroatoms. The van der Waals surface area contributed by atoms with Gasteiger partial charge in [0.05, 0.1) is 6.54 Å². The van der Waals surface area contributed by atoms with Crippen molar-refractivity contribution in [3.63, 3.8) is 0 Å². The second-order valence-corrected chi connectivity index (χ2v) is 6.03. The van der Waals surface area contributed by atoms with Gasteiger partial charge in [0.25, 0.3) is 0 Å². The van der Waals surface area contributed by atoms with Gasteiger partial charge in [0, 0.05) is 21.7 Å². The van der Waals surface area contributed by atoms with Crippen molar-refractivity contribution in [2.45, 2.75) is 13.0 Å². The molecule has 3 rings (SSSR count). The molecule has 108 valence electrons. The Balaban J connectivity index is 1.94. The van der Waals surface area contributed by atoms with Crippen LogP contribution in [0.15, 0.2) is 53.1 Å². The molecule has 0 unspecified atom stereocenters. The van der Waals surface area contributed by atoms with Crippen molar-refractivity contribution in [3.05, 3.63) is 70.1 Å². The van der Waals surface area contributed by atoms with E-state index in [-0.39, 0.29) is 5.82 Å². The number of benzene rings is 2. The van der Waals surface area contributed by atoms with Gasteiger partial charge in [-0.15, -0.1) is 0 Å². The molecule has 0 fully saturated rings. The van der Waals surface area contributed by atoms with Crippen LogP contribution in [0.1, 0.15) is 11.1 Å². The molecule has 21 heavy (non-hydrogen) atoms. The zero-order chi connectivity index (χ0) is 14.8. The van der Waals surface area contributed by atoms with Crippen LogP contribution in [0, 0.1) is 5.82 Å². The lowest BCUT2D eigenvalue weighted by Crippen LogP contribution is -2.03. The van der Waals surface area contributed by atoms with E-state index in [1.807, 2.05) is 18.3 Å². The highest BCUT2D eigenvalue weighted by molar-refractivity contribution is 9.10. The van der Waals surface area contributed by atoms with E-state index in [4.69, 9.17) is 5.73 Å². The third-order valence-corrected chi connectivity index (χ3v) is 4.12. The first-order chi connectivity index (χ1) is 10.2.